The Bertz CT molecular complexity index is 756. The molecule has 0 bridgehead atoms. The van der Waals surface area contributed by atoms with Crippen LogP contribution < -0.4 is 20.1 Å². The average Bonchev–Trinajstić information content (AvgIpc) is 3.11. The zero-order chi connectivity index (χ0) is 18.5. The van der Waals surface area contributed by atoms with E-state index in [0.717, 1.165) is 25.0 Å². The lowest BCUT2D eigenvalue weighted by molar-refractivity contribution is -0.116. The van der Waals surface area contributed by atoms with Gasteiger partial charge in [-0.1, -0.05) is 0 Å². The maximum atomic E-state index is 12.5. The van der Waals surface area contributed by atoms with Gasteiger partial charge in [-0.05, 0) is 38.0 Å². The van der Waals surface area contributed by atoms with Gasteiger partial charge in [-0.25, -0.2) is 0 Å². The summed E-state index contributed by atoms with van der Waals surface area (Å²) in [7, 11) is 3.17. The maximum absolute atomic E-state index is 12.5. The molecule has 0 fully saturated rings. The zero-order valence-electron chi connectivity index (χ0n) is 15.5. The first-order valence-corrected chi connectivity index (χ1v) is 8.95. The number of amides is 1. The van der Waals surface area contributed by atoms with Gasteiger partial charge in [0.1, 0.15) is 17.3 Å². The summed E-state index contributed by atoms with van der Waals surface area (Å²) < 4.78 is 16.1. The summed E-state index contributed by atoms with van der Waals surface area (Å²) in [4.78, 5) is 12.5. The van der Waals surface area contributed by atoms with Gasteiger partial charge in [0.2, 0.25) is 5.91 Å². The molecule has 1 aliphatic carbocycles. The van der Waals surface area contributed by atoms with E-state index in [4.69, 9.17) is 13.9 Å². The molecule has 2 atom stereocenters. The van der Waals surface area contributed by atoms with Gasteiger partial charge in [0.05, 0.1) is 26.2 Å². The molecule has 1 aromatic carbocycles. The largest absolute Gasteiger partial charge is 0.497 e. The number of carbonyl (C=O) groups is 1. The molecule has 140 valence electrons. The Morgan fingerprint density at radius 3 is 2.92 bits per heavy atom. The van der Waals surface area contributed by atoms with Crippen molar-refractivity contribution < 1.29 is 18.7 Å². The number of fused-ring (bicyclic) bond motifs is 1. The summed E-state index contributed by atoms with van der Waals surface area (Å²) in [6.45, 7) is 2.02. The van der Waals surface area contributed by atoms with Crippen LogP contribution >= 0.6 is 0 Å². The fraction of sp³-hybridized carbons (Fsp3) is 0.450. The van der Waals surface area contributed by atoms with Crippen LogP contribution in [-0.4, -0.2) is 26.2 Å². The van der Waals surface area contributed by atoms with E-state index in [1.54, 1.807) is 38.7 Å². The summed E-state index contributed by atoms with van der Waals surface area (Å²) in [5.41, 5.74) is 1.83. The number of methoxy groups -OCH3 is 2. The summed E-state index contributed by atoms with van der Waals surface area (Å²) >= 11 is 0. The lowest BCUT2D eigenvalue weighted by atomic mass is 9.92. The summed E-state index contributed by atoms with van der Waals surface area (Å²) in [5, 5.41) is 6.47. The van der Waals surface area contributed by atoms with E-state index in [9.17, 15) is 4.79 Å². The number of benzene rings is 1. The zero-order valence-corrected chi connectivity index (χ0v) is 15.5. The molecule has 0 radical (unpaired) electrons. The first-order valence-electron chi connectivity index (χ1n) is 8.95. The highest BCUT2D eigenvalue weighted by Crippen LogP contribution is 2.31. The van der Waals surface area contributed by atoms with Gasteiger partial charge in [-0.3, -0.25) is 4.79 Å². The summed E-state index contributed by atoms with van der Waals surface area (Å²) in [6.07, 6.45) is 5.26. The Kier molecular flexibility index (Phi) is 5.83. The number of nitrogens with one attached hydrogen (secondary N) is 2. The molecule has 1 aliphatic rings. The van der Waals surface area contributed by atoms with Crippen LogP contribution in [0.25, 0.3) is 0 Å². The predicted molar refractivity (Wildman–Crippen MR) is 99.8 cm³/mol. The topological polar surface area (TPSA) is 72.7 Å². The third-order valence-corrected chi connectivity index (χ3v) is 4.71. The Morgan fingerprint density at radius 1 is 1.31 bits per heavy atom. The van der Waals surface area contributed by atoms with E-state index in [0.29, 0.717) is 23.6 Å². The van der Waals surface area contributed by atoms with Crippen molar-refractivity contribution in [3.8, 4) is 11.5 Å². The summed E-state index contributed by atoms with van der Waals surface area (Å²) in [6, 6.07) is 7.64. The van der Waals surface area contributed by atoms with Gasteiger partial charge in [-0.2, -0.15) is 0 Å². The highest BCUT2D eigenvalue weighted by molar-refractivity contribution is 5.92. The second-order valence-electron chi connectivity index (χ2n) is 6.63. The number of ether oxygens (including phenoxy) is 2. The van der Waals surface area contributed by atoms with Gasteiger partial charge >= 0.3 is 0 Å². The van der Waals surface area contributed by atoms with Crippen molar-refractivity contribution in [3.05, 3.63) is 41.9 Å². The van der Waals surface area contributed by atoms with Crippen molar-refractivity contribution in [1.82, 2.24) is 5.32 Å². The molecule has 0 saturated heterocycles. The molecule has 1 heterocycles. The van der Waals surface area contributed by atoms with Gasteiger partial charge in [0.15, 0.2) is 0 Å². The van der Waals surface area contributed by atoms with Crippen LogP contribution in [0.2, 0.25) is 0 Å². The second kappa shape index (κ2) is 8.27. The first kappa shape index (κ1) is 18.3. The van der Waals surface area contributed by atoms with E-state index in [1.165, 1.54) is 5.56 Å². The van der Waals surface area contributed by atoms with Crippen molar-refractivity contribution in [3.63, 3.8) is 0 Å². The fourth-order valence-corrected chi connectivity index (χ4v) is 3.45. The number of hydrogen-bond donors (Lipinski definition) is 2. The van der Waals surface area contributed by atoms with E-state index in [1.807, 2.05) is 13.0 Å². The number of carbonyl (C=O) groups excluding carboxylic acids is 1. The average molecular weight is 358 g/mol. The minimum absolute atomic E-state index is 0.0393. The van der Waals surface area contributed by atoms with E-state index in [-0.39, 0.29) is 18.0 Å². The van der Waals surface area contributed by atoms with Crippen LogP contribution in [0.3, 0.4) is 0 Å². The summed E-state index contributed by atoms with van der Waals surface area (Å²) in [5.74, 6) is 2.27. The molecule has 6 heteroatoms. The minimum Gasteiger partial charge on any atom is -0.497 e. The normalized spacial score (nSPS) is 17.3. The van der Waals surface area contributed by atoms with Crippen LogP contribution in [0.5, 0.6) is 11.5 Å². The number of hydrogen-bond acceptors (Lipinski definition) is 5. The molecule has 0 aliphatic heterocycles. The highest BCUT2D eigenvalue weighted by Gasteiger charge is 2.24. The SMILES string of the molecule is COc1ccc(OC)c(NC(=O)C[C@H](C)N[C@@H]2CCCc3occc32)c1. The Hall–Kier alpha value is -2.47. The number of rotatable bonds is 7. The predicted octanol–water partition coefficient (Wildman–Crippen LogP) is 3.68. The van der Waals surface area contributed by atoms with Gasteiger partial charge in [0.25, 0.3) is 0 Å². The smallest absolute Gasteiger partial charge is 0.226 e. The van der Waals surface area contributed by atoms with Crippen molar-refractivity contribution >= 4 is 11.6 Å². The number of furan rings is 1. The first-order chi connectivity index (χ1) is 12.6. The standard InChI is InChI=1S/C20H26N2O4/c1-13(21-16-5-4-6-18-15(16)9-10-26-18)11-20(23)22-17-12-14(24-2)7-8-19(17)25-3/h7-10,12-13,16,21H,4-6,11H2,1-3H3,(H,22,23)/t13-,16+/m0/s1. The molecule has 1 amide bonds. The lowest BCUT2D eigenvalue weighted by Gasteiger charge is -2.26. The van der Waals surface area contributed by atoms with E-state index in [2.05, 4.69) is 10.6 Å². The third-order valence-electron chi connectivity index (χ3n) is 4.71. The monoisotopic (exact) mass is 358 g/mol. The molecular formula is C20H26N2O4. The van der Waals surface area contributed by atoms with Crippen molar-refractivity contribution in [2.45, 2.75) is 44.7 Å². The fourth-order valence-electron chi connectivity index (χ4n) is 3.45. The Morgan fingerprint density at radius 2 is 2.15 bits per heavy atom. The molecule has 6 nitrogen and oxygen atoms in total. The van der Waals surface area contributed by atoms with E-state index < -0.39 is 0 Å². The number of aryl methyl sites for hydroxylation is 1. The van der Waals surface area contributed by atoms with Gasteiger partial charge < -0.3 is 24.5 Å². The molecule has 0 unspecified atom stereocenters. The van der Waals surface area contributed by atoms with Crippen LogP contribution in [0.15, 0.2) is 34.9 Å². The molecule has 0 saturated carbocycles. The van der Waals surface area contributed by atoms with Crippen LogP contribution in [0.4, 0.5) is 5.69 Å². The van der Waals surface area contributed by atoms with Gasteiger partial charge in [-0.15, -0.1) is 0 Å². The number of anilines is 1. The van der Waals surface area contributed by atoms with Crippen molar-refractivity contribution in [2.75, 3.05) is 19.5 Å². The molecule has 1 aromatic heterocycles. The molecule has 2 N–H and O–H groups in total. The molecule has 2 aromatic rings. The minimum atomic E-state index is -0.0696. The van der Waals surface area contributed by atoms with Crippen molar-refractivity contribution in [1.29, 1.82) is 0 Å². The molecule has 0 spiro atoms. The molecule has 3 rings (SSSR count). The second-order valence-corrected chi connectivity index (χ2v) is 6.63. The lowest BCUT2D eigenvalue weighted by Crippen LogP contribution is -2.35. The highest BCUT2D eigenvalue weighted by atomic mass is 16.5. The van der Waals surface area contributed by atoms with Crippen molar-refractivity contribution in [2.24, 2.45) is 0 Å². The Labute approximate surface area is 153 Å². The quantitative estimate of drug-likeness (QED) is 0.790. The van der Waals surface area contributed by atoms with E-state index >= 15 is 0 Å². The van der Waals surface area contributed by atoms with Crippen LogP contribution in [-0.2, 0) is 11.2 Å². The molecular weight excluding hydrogens is 332 g/mol. The van der Waals surface area contributed by atoms with Crippen LogP contribution in [0, 0.1) is 0 Å². The molecule has 26 heavy (non-hydrogen) atoms. The van der Waals surface area contributed by atoms with Gasteiger partial charge in [0, 0.05) is 36.6 Å². The maximum Gasteiger partial charge on any atom is 0.226 e. The third kappa shape index (κ3) is 4.19. The Balaban J connectivity index is 1.59. The van der Waals surface area contributed by atoms with Crippen LogP contribution in [0.1, 0.15) is 43.6 Å².